The molecule has 2 aromatic heterocycles. The molecule has 3 rings (SSSR count). The number of rotatable bonds is 2. The fraction of sp³-hybridized carbons (Fsp3) is 0.0769. The van der Waals surface area contributed by atoms with Crippen LogP contribution in [0.15, 0.2) is 40.1 Å². The fourth-order valence-corrected chi connectivity index (χ4v) is 2.39. The molecule has 0 N–H and O–H groups in total. The van der Waals surface area contributed by atoms with Crippen molar-refractivity contribution in [2.45, 2.75) is 6.42 Å². The van der Waals surface area contributed by atoms with E-state index in [0.717, 1.165) is 21.5 Å². The summed E-state index contributed by atoms with van der Waals surface area (Å²) in [6.45, 7) is 0. The summed E-state index contributed by atoms with van der Waals surface area (Å²) in [6.07, 6.45) is 0.355. The van der Waals surface area contributed by atoms with Crippen LogP contribution in [-0.2, 0) is 6.42 Å². The SMILES string of the molecule is N#CCc1cccc2oc(-c3cccs3)nc12. The van der Waals surface area contributed by atoms with E-state index in [2.05, 4.69) is 11.1 Å². The number of fused-ring (bicyclic) bond motifs is 1. The molecular weight excluding hydrogens is 232 g/mol. The van der Waals surface area contributed by atoms with Gasteiger partial charge >= 0.3 is 0 Å². The topological polar surface area (TPSA) is 49.8 Å². The van der Waals surface area contributed by atoms with E-state index < -0.39 is 0 Å². The lowest BCUT2D eigenvalue weighted by Crippen LogP contribution is -1.83. The summed E-state index contributed by atoms with van der Waals surface area (Å²) in [4.78, 5) is 5.47. The third-order valence-electron chi connectivity index (χ3n) is 2.50. The van der Waals surface area contributed by atoms with E-state index in [0.29, 0.717) is 12.3 Å². The minimum atomic E-state index is 0.355. The van der Waals surface area contributed by atoms with E-state index in [1.807, 2.05) is 35.7 Å². The van der Waals surface area contributed by atoms with Crippen molar-refractivity contribution in [3.05, 3.63) is 41.3 Å². The molecule has 0 radical (unpaired) electrons. The minimum absolute atomic E-state index is 0.355. The predicted octanol–water partition coefficient (Wildman–Crippen LogP) is 3.62. The van der Waals surface area contributed by atoms with Crippen LogP contribution < -0.4 is 0 Å². The Hall–Kier alpha value is -2.12. The summed E-state index contributed by atoms with van der Waals surface area (Å²) in [6, 6.07) is 11.7. The van der Waals surface area contributed by atoms with E-state index in [4.69, 9.17) is 9.68 Å². The number of hydrogen-bond donors (Lipinski definition) is 0. The first-order valence-electron chi connectivity index (χ1n) is 5.18. The molecule has 0 aliphatic rings. The molecule has 0 atom stereocenters. The quantitative estimate of drug-likeness (QED) is 0.687. The van der Waals surface area contributed by atoms with Gasteiger partial charge in [0.1, 0.15) is 5.52 Å². The van der Waals surface area contributed by atoms with E-state index in [1.165, 1.54) is 0 Å². The third-order valence-corrected chi connectivity index (χ3v) is 3.36. The van der Waals surface area contributed by atoms with Crippen molar-refractivity contribution in [1.29, 1.82) is 5.26 Å². The zero-order valence-corrected chi connectivity index (χ0v) is 9.70. The molecule has 0 saturated heterocycles. The highest BCUT2D eigenvalue weighted by molar-refractivity contribution is 7.13. The molecule has 1 aromatic carbocycles. The Morgan fingerprint density at radius 1 is 1.29 bits per heavy atom. The molecule has 2 heterocycles. The molecule has 0 spiro atoms. The van der Waals surface area contributed by atoms with Gasteiger partial charge < -0.3 is 4.42 Å². The Balaban J connectivity index is 2.19. The maximum atomic E-state index is 8.76. The van der Waals surface area contributed by atoms with E-state index >= 15 is 0 Å². The van der Waals surface area contributed by atoms with Gasteiger partial charge in [0.05, 0.1) is 17.4 Å². The smallest absolute Gasteiger partial charge is 0.237 e. The maximum absolute atomic E-state index is 8.76. The van der Waals surface area contributed by atoms with Gasteiger partial charge in [0.15, 0.2) is 5.58 Å². The number of hydrogen-bond acceptors (Lipinski definition) is 4. The van der Waals surface area contributed by atoms with E-state index in [9.17, 15) is 0 Å². The van der Waals surface area contributed by atoms with E-state index in [-0.39, 0.29) is 0 Å². The zero-order valence-electron chi connectivity index (χ0n) is 8.88. The Bertz CT molecular complexity index is 692. The highest BCUT2D eigenvalue weighted by Crippen LogP contribution is 2.29. The van der Waals surface area contributed by atoms with Crippen molar-refractivity contribution < 1.29 is 4.42 Å². The van der Waals surface area contributed by atoms with Gasteiger partial charge in [-0.25, -0.2) is 4.98 Å². The van der Waals surface area contributed by atoms with Crippen LogP contribution in [-0.4, -0.2) is 4.98 Å². The second-order valence-corrected chi connectivity index (χ2v) is 4.54. The molecule has 0 amide bonds. The third kappa shape index (κ3) is 1.71. The monoisotopic (exact) mass is 240 g/mol. The summed E-state index contributed by atoms with van der Waals surface area (Å²) >= 11 is 1.59. The molecule has 82 valence electrons. The van der Waals surface area contributed by atoms with E-state index in [1.54, 1.807) is 11.3 Å². The van der Waals surface area contributed by atoms with Crippen molar-refractivity contribution in [2.75, 3.05) is 0 Å². The highest BCUT2D eigenvalue weighted by atomic mass is 32.1. The standard InChI is InChI=1S/C13H8N2OS/c14-7-6-9-3-1-4-10-12(9)15-13(16-10)11-5-2-8-17-11/h1-5,8H,6H2. The molecular formula is C13H8N2OS. The minimum Gasteiger partial charge on any atom is -0.435 e. The average Bonchev–Trinajstić information content (AvgIpc) is 2.98. The molecule has 0 fully saturated rings. The molecule has 3 aromatic rings. The number of oxazole rings is 1. The number of benzene rings is 1. The van der Waals surface area contributed by atoms with Crippen molar-refractivity contribution in [3.8, 4) is 16.8 Å². The first kappa shape index (κ1) is 10.1. The second kappa shape index (κ2) is 4.04. The van der Waals surface area contributed by atoms with Crippen LogP contribution in [0, 0.1) is 11.3 Å². The fourth-order valence-electron chi connectivity index (χ4n) is 1.74. The summed E-state index contributed by atoms with van der Waals surface area (Å²) < 4.78 is 5.69. The Labute approximate surface area is 102 Å². The van der Waals surface area contributed by atoms with Crippen molar-refractivity contribution in [2.24, 2.45) is 0 Å². The van der Waals surface area contributed by atoms with Gasteiger partial charge in [0, 0.05) is 0 Å². The van der Waals surface area contributed by atoms with Gasteiger partial charge in [-0.2, -0.15) is 5.26 Å². The summed E-state index contributed by atoms with van der Waals surface area (Å²) in [5, 5.41) is 10.8. The number of aromatic nitrogens is 1. The lowest BCUT2D eigenvalue weighted by Gasteiger charge is -1.92. The summed E-state index contributed by atoms with van der Waals surface area (Å²) in [5.74, 6) is 0.625. The molecule has 0 unspecified atom stereocenters. The van der Waals surface area contributed by atoms with Crippen LogP contribution >= 0.6 is 11.3 Å². The van der Waals surface area contributed by atoms with Crippen LogP contribution in [0.1, 0.15) is 5.56 Å². The van der Waals surface area contributed by atoms with Crippen LogP contribution in [0.4, 0.5) is 0 Å². The molecule has 4 heteroatoms. The van der Waals surface area contributed by atoms with Gasteiger partial charge in [0.25, 0.3) is 0 Å². The molecule has 17 heavy (non-hydrogen) atoms. The molecule has 0 bridgehead atoms. The lowest BCUT2D eigenvalue weighted by atomic mass is 10.1. The first-order chi connectivity index (χ1) is 8.38. The summed E-state index contributed by atoms with van der Waals surface area (Å²) in [5.41, 5.74) is 2.44. The van der Waals surface area contributed by atoms with Crippen molar-refractivity contribution in [3.63, 3.8) is 0 Å². The number of thiophene rings is 1. The van der Waals surface area contributed by atoms with Crippen LogP contribution in [0.25, 0.3) is 21.9 Å². The van der Waals surface area contributed by atoms with Crippen LogP contribution in [0.5, 0.6) is 0 Å². The van der Waals surface area contributed by atoms with Crippen LogP contribution in [0.2, 0.25) is 0 Å². The lowest BCUT2D eigenvalue weighted by molar-refractivity contribution is 0.621. The Morgan fingerprint density at radius 3 is 3.00 bits per heavy atom. The van der Waals surface area contributed by atoms with Crippen molar-refractivity contribution in [1.82, 2.24) is 4.98 Å². The summed E-state index contributed by atoms with van der Waals surface area (Å²) in [7, 11) is 0. The Morgan fingerprint density at radius 2 is 2.24 bits per heavy atom. The molecule has 3 nitrogen and oxygen atoms in total. The maximum Gasteiger partial charge on any atom is 0.237 e. The largest absolute Gasteiger partial charge is 0.435 e. The normalized spacial score (nSPS) is 10.5. The van der Waals surface area contributed by atoms with Gasteiger partial charge in [-0.05, 0) is 23.1 Å². The predicted molar refractivity (Wildman–Crippen MR) is 66.6 cm³/mol. The highest BCUT2D eigenvalue weighted by Gasteiger charge is 2.11. The zero-order chi connectivity index (χ0) is 11.7. The van der Waals surface area contributed by atoms with Gasteiger partial charge in [-0.15, -0.1) is 11.3 Å². The average molecular weight is 240 g/mol. The van der Waals surface area contributed by atoms with Gasteiger partial charge in [-0.1, -0.05) is 18.2 Å². The molecule has 0 aliphatic heterocycles. The number of nitriles is 1. The number of nitrogens with zero attached hydrogens (tertiary/aromatic N) is 2. The first-order valence-corrected chi connectivity index (χ1v) is 6.06. The van der Waals surface area contributed by atoms with Crippen LogP contribution in [0.3, 0.4) is 0 Å². The van der Waals surface area contributed by atoms with Gasteiger partial charge in [0.2, 0.25) is 5.89 Å². The Kier molecular flexibility index (Phi) is 2.39. The van der Waals surface area contributed by atoms with Crippen molar-refractivity contribution >= 4 is 22.4 Å². The number of para-hydroxylation sites is 1. The molecule has 0 saturated carbocycles. The second-order valence-electron chi connectivity index (χ2n) is 3.60. The van der Waals surface area contributed by atoms with Gasteiger partial charge in [-0.3, -0.25) is 0 Å². The molecule has 0 aliphatic carbocycles.